The summed E-state index contributed by atoms with van der Waals surface area (Å²) in [6, 6.07) is 16.1. The molecule has 3 rings (SSSR count). The van der Waals surface area contributed by atoms with Gasteiger partial charge in [0.2, 0.25) is 0 Å². The van der Waals surface area contributed by atoms with Crippen molar-refractivity contribution in [2.45, 2.75) is 26.1 Å². The molecule has 2 aromatic rings. The summed E-state index contributed by atoms with van der Waals surface area (Å²) in [6.07, 6.45) is -0.497. The zero-order valence-corrected chi connectivity index (χ0v) is 14.3. The molecule has 0 fully saturated rings. The number of carbonyl (C=O) groups excluding carboxylic acids is 2. The molecule has 26 heavy (non-hydrogen) atoms. The molecule has 1 amide bonds. The van der Waals surface area contributed by atoms with Crippen molar-refractivity contribution in [2.75, 3.05) is 11.4 Å². The van der Waals surface area contributed by atoms with Crippen molar-refractivity contribution < 1.29 is 19.1 Å². The standard InChI is InChI=1S/C20H18N2O4/c1-14-20(24)22(17-4-2-3-5-18(17)26-14)11-10-19(23)25-13-16-8-6-15(12-21)7-9-16/h2-9,14H,10-11,13H2,1H3/t14-/m0/s1. The fourth-order valence-corrected chi connectivity index (χ4v) is 2.70. The van der Waals surface area contributed by atoms with E-state index in [4.69, 9.17) is 14.7 Å². The third-order valence-electron chi connectivity index (χ3n) is 4.10. The van der Waals surface area contributed by atoms with Gasteiger partial charge in [-0.05, 0) is 36.8 Å². The third-order valence-corrected chi connectivity index (χ3v) is 4.10. The molecular formula is C20H18N2O4. The SMILES string of the molecule is C[C@@H]1Oc2ccccc2N(CCC(=O)OCc2ccc(C#N)cc2)C1=O. The van der Waals surface area contributed by atoms with Gasteiger partial charge in [-0.3, -0.25) is 9.59 Å². The van der Waals surface area contributed by atoms with Gasteiger partial charge >= 0.3 is 5.97 Å². The maximum absolute atomic E-state index is 12.4. The number of nitrogens with zero attached hydrogens (tertiary/aromatic N) is 2. The minimum absolute atomic E-state index is 0.0864. The lowest BCUT2D eigenvalue weighted by molar-refractivity contribution is -0.144. The van der Waals surface area contributed by atoms with Crippen molar-refractivity contribution in [3.63, 3.8) is 0 Å². The first-order valence-electron chi connectivity index (χ1n) is 8.30. The van der Waals surface area contributed by atoms with Gasteiger partial charge < -0.3 is 14.4 Å². The van der Waals surface area contributed by atoms with Crippen LogP contribution >= 0.6 is 0 Å². The van der Waals surface area contributed by atoms with Gasteiger partial charge in [0.25, 0.3) is 5.91 Å². The lowest BCUT2D eigenvalue weighted by atomic mass is 10.1. The molecule has 132 valence electrons. The Morgan fingerprint density at radius 2 is 1.96 bits per heavy atom. The normalized spacial score (nSPS) is 15.6. The maximum atomic E-state index is 12.4. The Morgan fingerprint density at radius 1 is 1.23 bits per heavy atom. The highest BCUT2D eigenvalue weighted by Crippen LogP contribution is 2.33. The molecule has 0 saturated heterocycles. The zero-order valence-electron chi connectivity index (χ0n) is 14.3. The summed E-state index contributed by atoms with van der Waals surface area (Å²) in [7, 11) is 0. The number of hydrogen-bond acceptors (Lipinski definition) is 5. The summed E-state index contributed by atoms with van der Waals surface area (Å²) >= 11 is 0. The topological polar surface area (TPSA) is 79.6 Å². The molecular weight excluding hydrogens is 332 g/mol. The third kappa shape index (κ3) is 3.83. The first-order valence-corrected chi connectivity index (χ1v) is 8.30. The van der Waals surface area contributed by atoms with E-state index in [2.05, 4.69) is 0 Å². The molecule has 0 bridgehead atoms. The molecule has 6 heteroatoms. The van der Waals surface area contributed by atoms with Gasteiger partial charge in [0, 0.05) is 6.54 Å². The van der Waals surface area contributed by atoms with E-state index in [0.29, 0.717) is 17.0 Å². The minimum atomic E-state index is -0.584. The quantitative estimate of drug-likeness (QED) is 0.775. The molecule has 0 unspecified atom stereocenters. The number of hydrogen-bond donors (Lipinski definition) is 0. The van der Waals surface area contributed by atoms with E-state index in [1.54, 1.807) is 48.2 Å². The van der Waals surface area contributed by atoms with Gasteiger partial charge in [-0.2, -0.15) is 5.26 Å². The molecule has 1 aliphatic heterocycles. The second-order valence-electron chi connectivity index (χ2n) is 5.94. The van der Waals surface area contributed by atoms with Gasteiger partial charge in [0.15, 0.2) is 6.10 Å². The van der Waals surface area contributed by atoms with Crippen LogP contribution in [-0.2, 0) is 20.9 Å². The van der Waals surface area contributed by atoms with Crippen LogP contribution in [0.15, 0.2) is 48.5 Å². The number of benzene rings is 2. The lowest BCUT2D eigenvalue weighted by Gasteiger charge is -2.32. The van der Waals surface area contributed by atoms with Crippen LogP contribution in [0.4, 0.5) is 5.69 Å². The lowest BCUT2D eigenvalue weighted by Crippen LogP contribution is -2.45. The van der Waals surface area contributed by atoms with Crippen molar-refractivity contribution >= 4 is 17.6 Å². The monoisotopic (exact) mass is 350 g/mol. The number of nitriles is 1. The number of carbonyl (C=O) groups is 2. The van der Waals surface area contributed by atoms with E-state index in [-0.39, 0.29) is 25.5 Å². The first kappa shape index (κ1) is 17.5. The summed E-state index contributed by atoms with van der Waals surface area (Å²) in [5.74, 6) is 0.0629. The van der Waals surface area contributed by atoms with E-state index < -0.39 is 12.1 Å². The van der Waals surface area contributed by atoms with Crippen molar-refractivity contribution in [1.82, 2.24) is 0 Å². The highest BCUT2D eigenvalue weighted by molar-refractivity contribution is 6.00. The molecule has 1 heterocycles. The number of fused-ring (bicyclic) bond motifs is 1. The molecule has 0 radical (unpaired) electrons. The Labute approximate surface area is 151 Å². The molecule has 1 aliphatic rings. The van der Waals surface area contributed by atoms with E-state index in [1.165, 1.54) is 0 Å². The van der Waals surface area contributed by atoms with E-state index >= 15 is 0 Å². The Morgan fingerprint density at radius 3 is 2.69 bits per heavy atom. The van der Waals surface area contributed by atoms with Crippen LogP contribution in [0.25, 0.3) is 0 Å². The predicted molar refractivity (Wildman–Crippen MR) is 94.5 cm³/mol. The Bertz CT molecular complexity index is 855. The van der Waals surface area contributed by atoms with Crippen LogP contribution in [0.1, 0.15) is 24.5 Å². The Balaban J connectivity index is 1.57. The Kier molecular flexibility index (Phi) is 5.18. The van der Waals surface area contributed by atoms with Crippen molar-refractivity contribution in [3.8, 4) is 11.8 Å². The van der Waals surface area contributed by atoms with Crippen LogP contribution in [0, 0.1) is 11.3 Å². The van der Waals surface area contributed by atoms with E-state index in [9.17, 15) is 9.59 Å². The molecule has 2 aromatic carbocycles. The summed E-state index contributed by atoms with van der Waals surface area (Å²) in [4.78, 5) is 26.0. The van der Waals surface area contributed by atoms with Gasteiger partial charge in [-0.25, -0.2) is 0 Å². The smallest absolute Gasteiger partial charge is 0.307 e. The average molecular weight is 350 g/mol. The summed E-state index contributed by atoms with van der Waals surface area (Å²) in [5, 5.41) is 8.77. The van der Waals surface area contributed by atoms with Gasteiger partial charge in [0.05, 0.1) is 23.7 Å². The molecule has 6 nitrogen and oxygen atoms in total. The van der Waals surface area contributed by atoms with Crippen LogP contribution in [-0.4, -0.2) is 24.5 Å². The first-order chi connectivity index (χ1) is 12.6. The number of anilines is 1. The van der Waals surface area contributed by atoms with E-state index in [0.717, 1.165) is 5.56 Å². The molecule has 0 aliphatic carbocycles. The second kappa shape index (κ2) is 7.70. The highest BCUT2D eigenvalue weighted by Gasteiger charge is 2.31. The van der Waals surface area contributed by atoms with Crippen LogP contribution in [0.2, 0.25) is 0 Å². The van der Waals surface area contributed by atoms with Crippen LogP contribution in [0.3, 0.4) is 0 Å². The van der Waals surface area contributed by atoms with Crippen LogP contribution < -0.4 is 9.64 Å². The second-order valence-corrected chi connectivity index (χ2v) is 5.94. The molecule has 0 saturated carbocycles. The van der Waals surface area contributed by atoms with Crippen molar-refractivity contribution in [1.29, 1.82) is 5.26 Å². The molecule has 1 atom stereocenters. The maximum Gasteiger partial charge on any atom is 0.307 e. The zero-order chi connectivity index (χ0) is 18.5. The number of para-hydroxylation sites is 2. The molecule has 0 spiro atoms. The minimum Gasteiger partial charge on any atom is -0.479 e. The largest absolute Gasteiger partial charge is 0.479 e. The van der Waals surface area contributed by atoms with Crippen LogP contribution in [0.5, 0.6) is 5.75 Å². The summed E-state index contributed by atoms with van der Waals surface area (Å²) in [6.45, 7) is 2.05. The van der Waals surface area contributed by atoms with E-state index in [1.807, 2.05) is 18.2 Å². The fourth-order valence-electron chi connectivity index (χ4n) is 2.70. The summed E-state index contributed by atoms with van der Waals surface area (Å²) < 4.78 is 10.8. The van der Waals surface area contributed by atoms with Crippen molar-refractivity contribution in [2.24, 2.45) is 0 Å². The van der Waals surface area contributed by atoms with Gasteiger partial charge in [-0.15, -0.1) is 0 Å². The number of ether oxygens (including phenoxy) is 2. The number of amides is 1. The fraction of sp³-hybridized carbons (Fsp3) is 0.250. The number of rotatable bonds is 5. The molecule has 0 aromatic heterocycles. The van der Waals surface area contributed by atoms with Gasteiger partial charge in [0.1, 0.15) is 12.4 Å². The predicted octanol–water partition coefficient (Wildman–Crippen LogP) is 2.81. The highest BCUT2D eigenvalue weighted by atomic mass is 16.5. The molecule has 0 N–H and O–H groups in total. The average Bonchev–Trinajstić information content (AvgIpc) is 2.67. The Hall–Kier alpha value is -3.33. The number of esters is 1. The van der Waals surface area contributed by atoms with Gasteiger partial charge in [-0.1, -0.05) is 24.3 Å². The summed E-state index contributed by atoms with van der Waals surface area (Å²) in [5.41, 5.74) is 2.02. The van der Waals surface area contributed by atoms with Crippen molar-refractivity contribution in [3.05, 3.63) is 59.7 Å².